The minimum Gasteiger partial charge on any atom is -0.382 e. The van der Waals surface area contributed by atoms with Crippen LogP contribution in [0.4, 0.5) is 0 Å². The highest BCUT2D eigenvalue weighted by Gasteiger charge is 2.41. The highest BCUT2D eigenvalue weighted by atomic mass is 16.5. The molecule has 0 aromatic heterocycles. The molecule has 1 aromatic carbocycles. The normalized spacial score (nSPS) is 23.9. The van der Waals surface area contributed by atoms with Gasteiger partial charge in [0.1, 0.15) is 5.60 Å². The van der Waals surface area contributed by atoms with Gasteiger partial charge in [-0.1, -0.05) is 62.4 Å². The topological polar surface area (TPSA) is 55.5 Å². The summed E-state index contributed by atoms with van der Waals surface area (Å²) in [6.45, 7) is 0.931. The average Bonchev–Trinajstić information content (AvgIpc) is 3.19. The van der Waals surface area contributed by atoms with Crippen LogP contribution in [0, 0.1) is 11.8 Å². The number of aliphatic hydroxyl groups is 1. The van der Waals surface area contributed by atoms with Crippen molar-refractivity contribution in [1.29, 1.82) is 0 Å². The van der Waals surface area contributed by atoms with E-state index in [0.717, 1.165) is 18.4 Å². The molecule has 2 atom stereocenters. The zero-order valence-corrected chi connectivity index (χ0v) is 14.8. The third kappa shape index (κ3) is 4.01. The molecule has 2 aliphatic rings. The van der Waals surface area contributed by atoms with Crippen LogP contribution in [0.1, 0.15) is 63.4 Å². The molecule has 2 saturated carbocycles. The molecule has 0 amide bonds. The smallest absolute Gasteiger partial charge is 0.116 e. The molecule has 3 N–H and O–H groups in total. The Morgan fingerprint density at radius 2 is 1.62 bits per heavy atom. The first-order valence-corrected chi connectivity index (χ1v) is 9.83. The Kier molecular flexibility index (Phi) is 6.31. The number of nitrogens with two attached hydrogens (primary N) is 1. The lowest BCUT2D eigenvalue weighted by Gasteiger charge is -2.37. The molecule has 0 radical (unpaired) electrons. The molecular formula is C21H33NO2. The van der Waals surface area contributed by atoms with Crippen LogP contribution in [0.2, 0.25) is 0 Å². The van der Waals surface area contributed by atoms with E-state index in [4.69, 9.17) is 10.5 Å². The lowest BCUT2D eigenvalue weighted by Crippen LogP contribution is -2.43. The van der Waals surface area contributed by atoms with Gasteiger partial charge in [-0.25, -0.2) is 0 Å². The van der Waals surface area contributed by atoms with E-state index in [9.17, 15) is 5.11 Å². The molecule has 2 fully saturated rings. The molecule has 3 rings (SSSR count). The third-order valence-corrected chi connectivity index (χ3v) is 6.23. The Balaban J connectivity index is 1.71. The van der Waals surface area contributed by atoms with Crippen LogP contribution < -0.4 is 5.73 Å². The molecule has 0 saturated heterocycles. The summed E-state index contributed by atoms with van der Waals surface area (Å²) in [6.07, 6.45) is 11.0. The fourth-order valence-electron chi connectivity index (χ4n) is 4.70. The molecular weight excluding hydrogens is 298 g/mol. The van der Waals surface area contributed by atoms with E-state index in [1.165, 1.54) is 44.9 Å². The first-order chi connectivity index (χ1) is 11.7. The van der Waals surface area contributed by atoms with Crippen LogP contribution in [0.25, 0.3) is 0 Å². The van der Waals surface area contributed by atoms with Gasteiger partial charge in [0.2, 0.25) is 0 Å². The highest BCUT2D eigenvalue weighted by molar-refractivity contribution is 5.24. The summed E-state index contributed by atoms with van der Waals surface area (Å²) in [7, 11) is 0. The van der Waals surface area contributed by atoms with Crippen molar-refractivity contribution in [3.8, 4) is 0 Å². The van der Waals surface area contributed by atoms with E-state index in [1.807, 2.05) is 30.3 Å². The molecule has 3 heteroatoms. The van der Waals surface area contributed by atoms with Crippen LogP contribution in [-0.4, -0.2) is 24.4 Å². The largest absolute Gasteiger partial charge is 0.382 e. The molecule has 0 spiro atoms. The Bertz CT molecular complexity index is 480. The molecule has 3 nitrogen and oxygen atoms in total. The maximum atomic E-state index is 11.6. The summed E-state index contributed by atoms with van der Waals surface area (Å²) >= 11 is 0. The average molecular weight is 332 g/mol. The van der Waals surface area contributed by atoms with E-state index in [0.29, 0.717) is 25.0 Å². The first kappa shape index (κ1) is 17.9. The summed E-state index contributed by atoms with van der Waals surface area (Å²) in [5, 5.41) is 11.6. The van der Waals surface area contributed by atoms with Crippen LogP contribution in [0.3, 0.4) is 0 Å². The Hall–Kier alpha value is -0.900. The first-order valence-electron chi connectivity index (χ1n) is 9.83. The van der Waals surface area contributed by atoms with Crippen molar-refractivity contribution in [2.75, 3.05) is 13.2 Å². The van der Waals surface area contributed by atoms with Gasteiger partial charge in [0.25, 0.3) is 0 Å². The predicted molar refractivity (Wildman–Crippen MR) is 97.7 cm³/mol. The second-order valence-electron chi connectivity index (χ2n) is 7.75. The van der Waals surface area contributed by atoms with Crippen molar-refractivity contribution < 1.29 is 9.84 Å². The Morgan fingerprint density at radius 1 is 1.00 bits per heavy atom. The molecule has 2 unspecified atom stereocenters. The van der Waals surface area contributed by atoms with Gasteiger partial charge in [0.15, 0.2) is 0 Å². The number of benzene rings is 1. The monoisotopic (exact) mass is 331 g/mol. The number of rotatable bonds is 7. The zero-order valence-electron chi connectivity index (χ0n) is 14.8. The SMILES string of the molecule is NCC(OCC(O)(c1ccccc1)C1CCCC1)C1CCCCC1. The molecule has 2 aliphatic carbocycles. The molecule has 24 heavy (non-hydrogen) atoms. The van der Waals surface area contributed by atoms with Crippen LogP contribution in [-0.2, 0) is 10.3 Å². The van der Waals surface area contributed by atoms with E-state index < -0.39 is 5.60 Å². The van der Waals surface area contributed by atoms with Crippen molar-refractivity contribution in [2.24, 2.45) is 17.6 Å². The minimum absolute atomic E-state index is 0.0851. The highest BCUT2D eigenvalue weighted by Crippen LogP contribution is 2.41. The summed E-state index contributed by atoms with van der Waals surface area (Å²) in [4.78, 5) is 0. The fourth-order valence-corrected chi connectivity index (χ4v) is 4.70. The Morgan fingerprint density at radius 3 is 2.25 bits per heavy atom. The second-order valence-corrected chi connectivity index (χ2v) is 7.75. The Labute approximate surface area is 146 Å². The van der Waals surface area contributed by atoms with Gasteiger partial charge in [-0.2, -0.15) is 0 Å². The fraction of sp³-hybridized carbons (Fsp3) is 0.714. The van der Waals surface area contributed by atoms with Gasteiger partial charge in [-0.05, 0) is 43.1 Å². The van der Waals surface area contributed by atoms with Crippen LogP contribution in [0.5, 0.6) is 0 Å². The van der Waals surface area contributed by atoms with Crippen molar-refractivity contribution in [3.05, 3.63) is 35.9 Å². The van der Waals surface area contributed by atoms with E-state index in [2.05, 4.69) is 0 Å². The van der Waals surface area contributed by atoms with Crippen LogP contribution >= 0.6 is 0 Å². The molecule has 134 valence electrons. The number of hydrogen-bond acceptors (Lipinski definition) is 3. The van der Waals surface area contributed by atoms with Gasteiger partial charge in [-0.3, -0.25) is 0 Å². The summed E-state index contributed by atoms with van der Waals surface area (Å²) in [6, 6.07) is 10.1. The zero-order chi connectivity index (χ0) is 16.8. The summed E-state index contributed by atoms with van der Waals surface area (Å²) < 4.78 is 6.29. The van der Waals surface area contributed by atoms with Gasteiger partial charge in [0, 0.05) is 6.54 Å². The lowest BCUT2D eigenvalue weighted by molar-refractivity contribution is -0.120. The van der Waals surface area contributed by atoms with Gasteiger partial charge in [-0.15, -0.1) is 0 Å². The van der Waals surface area contributed by atoms with E-state index in [-0.39, 0.29) is 6.10 Å². The van der Waals surface area contributed by atoms with Gasteiger partial charge in [0.05, 0.1) is 12.7 Å². The molecule has 1 aromatic rings. The quantitative estimate of drug-likeness (QED) is 0.794. The predicted octanol–water partition coefficient (Wildman–Crippen LogP) is 3.99. The summed E-state index contributed by atoms with van der Waals surface area (Å²) in [5.41, 5.74) is 6.14. The van der Waals surface area contributed by atoms with Crippen molar-refractivity contribution >= 4 is 0 Å². The van der Waals surface area contributed by atoms with Crippen LogP contribution in [0.15, 0.2) is 30.3 Å². The maximum absolute atomic E-state index is 11.6. The lowest BCUT2D eigenvalue weighted by atomic mass is 9.80. The standard InChI is InChI=1S/C21H33NO2/c22-15-20(17-9-3-1-4-10-17)24-16-21(23,19-13-7-8-14-19)18-11-5-2-6-12-18/h2,5-6,11-12,17,19-20,23H,1,3-4,7-10,13-16,22H2. The maximum Gasteiger partial charge on any atom is 0.116 e. The molecule has 0 bridgehead atoms. The molecule has 0 heterocycles. The van der Waals surface area contributed by atoms with Crippen molar-refractivity contribution in [2.45, 2.75) is 69.5 Å². The molecule has 0 aliphatic heterocycles. The van der Waals surface area contributed by atoms with Crippen molar-refractivity contribution in [3.63, 3.8) is 0 Å². The number of ether oxygens (including phenoxy) is 1. The summed E-state index contributed by atoms with van der Waals surface area (Å²) in [5.74, 6) is 0.858. The van der Waals surface area contributed by atoms with Crippen molar-refractivity contribution in [1.82, 2.24) is 0 Å². The van der Waals surface area contributed by atoms with E-state index >= 15 is 0 Å². The third-order valence-electron chi connectivity index (χ3n) is 6.23. The van der Waals surface area contributed by atoms with Gasteiger partial charge >= 0.3 is 0 Å². The second kappa shape index (κ2) is 8.46. The van der Waals surface area contributed by atoms with Gasteiger partial charge < -0.3 is 15.6 Å². The number of hydrogen-bond donors (Lipinski definition) is 2. The minimum atomic E-state index is -0.875. The van der Waals surface area contributed by atoms with E-state index in [1.54, 1.807) is 0 Å².